The van der Waals surface area contributed by atoms with Crippen molar-refractivity contribution in [2.75, 3.05) is 14.2 Å². The van der Waals surface area contributed by atoms with Crippen LogP contribution in [-0.4, -0.2) is 26.4 Å². The molecule has 0 aliphatic carbocycles. The minimum atomic E-state index is 0.407. The first-order chi connectivity index (χ1) is 9.10. The van der Waals surface area contributed by atoms with Crippen molar-refractivity contribution in [3.63, 3.8) is 0 Å². The van der Waals surface area contributed by atoms with Crippen molar-refractivity contribution in [1.29, 1.82) is 0 Å². The summed E-state index contributed by atoms with van der Waals surface area (Å²) in [4.78, 5) is 0. The Morgan fingerprint density at radius 3 is 2.32 bits per heavy atom. The molecule has 0 spiro atoms. The molecule has 4 heteroatoms. The van der Waals surface area contributed by atoms with Gasteiger partial charge in [-0.05, 0) is 43.4 Å². The fraction of sp³-hybridized carbons (Fsp3) is 0.600. The van der Waals surface area contributed by atoms with Crippen LogP contribution in [0, 0.1) is 0 Å². The Morgan fingerprint density at radius 2 is 1.84 bits per heavy atom. The van der Waals surface area contributed by atoms with Crippen LogP contribution >= 0.6 is 15.9 Å². The standard InChI is InChI=1S/C15H21BrO3/c1-5-10(6-13-9(2)19-13)11-7-14(17-3)15(18-4)8-12(11)16/h7-10,13H,5-6H2,1-4H3. The molecular formula is C15H21BrO3. The number of ether oxygens (including phenoxy) is 3. The number of hydrogen-bond acceptors (Lipinski definition) is 3. The summed E-state index contributed by atoms with van der Waals surface area (Å²) in [6.07, 6.45) is 2.96. The third kappa shape index (κ3) is 3.23. The molecule has 1 fully saturated rings. The summed E-state index contributed by atoms with van der Waals surface area (Å²) in [5.74, 6) is 2.01. The van der Waals surface area contributed by atoms with E-state index in [4.69, 9.17) is 14.2 Å². The van der Waals surface area contributed by atoms with E-state index in [-0.39, 0.29) is 0 Å². The normalized spacial score (nSPS) is 23.0. The van der Waals surface area contributed by atoms with E-state index in [1.807, 2.05) is 6.07 Å². The maximum atomic E-state index is 5.54. The smallest absolute Gasteiger partial charge is 0.161 e. The lowest BCUT2D eigenvalue weighted by atomic mass is 9.91. The van der Waals surface area contributed by atoms with Gasteiger partial charge in [0.1, 0.15) is 0 Å². The molecule has 19 heavy (non-hydrogen) atoms. The van der Waals surface area contributed by atoms with Gasteiger partial charge in [0.2, 0.25) is 0 Å². The number of hydrogen-bond donors (Lipinski definition) is 0. The predicted octanol–water partition coefficient (Wildman–Crippen LogP) is 4.14. The van der Waals surface area contributed by atoms with E-state index in [2.05, 4.69) is 35.8 Å². The summed E-state index contributed by atoms with van der Waals surface area (Å²) in [6, 6.07) is 4.05. The summed E-state index contributed by atoms with van der Waals surface area (Å²) in [5, 5.41) is 0. The van der Waals surface area contributed by atoms with Crippen LogP contribution in [0.15, 0.2) is 16.6 Å². The molecule has 1 saturated heterocycles. The van der Waals surface area contributed by atoms with Crippen molar-refractivity contribution in [3.05, 3.63) is 22.2 Å². The molecule has 0 bridgehead atoms. The van der Waals surface area contributed by atoms with E-state index in [0.717, 1.165) is 28.8 Å². The Bertz CT molecular complexity index is 447. The zero-order valence-corrected chi connectivity index (χ0v) is 13.5. The highest BCUT2D eigenvalue weighted by atomic mass is 79.9. The lowest BCUT2D eigenvalue weighted by molar-refractivity contribution is 0.349. The molecule has 1 aromatic carbocycles. The molecule has 3 unspecified atom stereocenters. The van der Waals surface area contributed by atoms with Gasteiger partial charge < -0.3 is 14.2 Å². The molecule has 0 saturated carbocycles. The first-order valence-electron chi connectivity index (χ1n) is 6.67. The third-order valence-electron chi connectivity index (χ3n) is 3.79. The zero-order valence-electron chi connectivity index (χ0n) is 11.9. The average molecular weight is 329 g/mol. The van der Waals surface area contributed by atoms with Crippen molar-refractivity contribution in [2.45, 2.75) is 44.8 Å². The van der Waals surface area contributed by atoms with Gasteiger partial charge in [0.05, 0.1) is 26.4 Å². The van der Waals surface area contributed by atoms with Crippen LogP contribution in [0.1, 0.15) is 38.2 Å². The second kappa shape index (κ2) is 6.14. The molecule has 106 valence electrons. The van der Waals surface area contributed by atoms with Crippen molar-refractivity contribution in [3.8, 4) is 11.5 Å². The van der Waals surface area contributed by atoms with E-state index in [9.17, 15) is 0 Å². The molecule has 2 rings (SSSR count). The molecule has 0 amide bonds. The van der Waals surface area contributed by atoms with Gasteiger partial charge in [-0.25, -0.2) is 0 Å². The molecule has 1 aliphatic heterocycles. The molecule has 0 radical (unpaired) electrons. The fourth-order valence-electron chi connectivity index (χ4n) is 2.45. The van der Waals surface area contributed by atoms with Crippen LogP contribution in [0.4, 0.5) is 0 Å². The Labute approximate surface area is 123 Å². The number of methoxy groups -OCH3 is 2. The van der Waals surface area contributed by atoms with E-state index in [1.165, 1.54) is 5.56 Å². The first-order valence-corrected chi connectivity index (χ1v) is 7.46. The van der Waals surface area contributed by atoms with Crippen molar-refractivity contribution >= 4 is 15.9 Å². The Balaban J connectivity index is 2.25. The third-order valence-corrected chi connectivity index (χ3v) is 4.48. The highest BCUT2D eigenvalue weighted by molar-refractivity contribution is 9.10. The lowest BCUT2D eigenvalue weighted by Gasteiger charge is -2.18. The second-order valence-corrected chi connectivity index (χ2v) is 5.80. The molecule has 3 atom stereocenters. The summed E-state index contributed by atoms with van der Waals surface area (Å²) < 4.78 is 17.3. The van der Waals surface area contributed by atoms with Crippen LogP contribution < -0.4 is 9.47 Å². The lowest BCUT2D eigenvalue weighted by Crippen LogP contribution is -2.05. The molecule has 0 N–H and O–H groups in total. The van der Waals surface area contributed by atoms with Crippen LogP contribution in [0.2, 0.25) is 0 Å². The van der Waals surface area contributed by atoms with Crippen LogP contribution in [-0.2, 0) is 4.74 Å². The molecule has 1 aliphatic rings. The van der Waals surface area contributed by atoms with Gasteiger partial charge >= 0.3 is 0 Å². The number of rotatable bonds is 6. The average Bonchev–Trinajstić information content (AvgIpc) is 3.11. The number of benzene rings is 1. The van der Waals surface area contributed by atoms with E-state index in [1.54, 1.807) is 14.2 Å². The molecule has 3 nitrogen and oxygen atoms in total. The van der Waals surface area contributed by atoms with Gasteiger partial charge in [0, 0.05) is 4.47 Å². The monoisotopic (exact) mass is 328 g/mol. The number of epoxide rings is 1. The van der Waals surface area contributed by atoms with Gasteiger partial charge in [-0.15, -0.1) is 0 Å². The fourth-order valence-corrected chi connectivity index (χ4v) is 3.10. The first kappa shape index (κ1) is 14.7. The van der Waals surface area contributed by atoms with Crippen LogP contribution in [0.5, 0.6) is 11.5 Å². The van der Waals surface area contributed by atoms with Crippen LogP contribution in [0.25, 0.3) is 0 Å². The predicted molar refractivity (Wildman–Crippen MR) is 79.2 cm³/mol. The highest BCUT2D eigenvalue weighted by Crippen LogP contribution is 2.41. The van der Waals surface area contributed by atoms with Crippen molar-refractivity contribution in [1.82, 2.24) is 0 Å². The van der Waals surface area contributed by atoms with Gasteiger partial charge in [0.25, 0.3) is 0 Å². The minimum Gasteiger partial charge on any atom is -0.493 e. The maximum Gasteiger partial charge on any atom is 0.161 e. The quantitative estimate of drug-likeness (QED) is 0.735. The minimum absolute atomic E-state index is 0.407. The van der Waals surface area contributed by atoms with Crippen molar-refractivity contribution < 1.29 is 14.2 Å². The summed E-state index contributed by atoms with van der Waals surface area (Å²) in [6.45, 7) is 4.34. The molecule has 1 heterocycles. The molecule has 1 aromatic rings. The van der Waals surface area contributed by atoms with E-state index < -0.39 is 0 Å². The summed E-state index contributed by atoms with van der Waals surface area (Å²) in [7, 11) is 3.32. The largest absolute Gasteiger partial charge is 0.493 e. The number of halogens is 1. The highest BCUT2D eigenvalue weighted by Gasteiger charge is 2.36. The summed E-state index contributed by atoms with van der Waals surface area (Å²) in [5.41, 5.74) is 1.27. The second-order valence-electron chi connectivity index (χ2n) is 4.95. The zero-order chi connectivity index (χ0) is 14.0. The van der Waals surface area contributed by atoms with Crippen LogP contribution in [0.3, 0.4) is 0 Å². The van der Waals surface area contributed by atoms with E-state index in [0.29, 0.717) is 18.1 Å². The summed E-state index contributed by atoms with van der Waals surface area (Å²) >= 11 is 3.64. The van der Waals surface area contributed by atoms with Gasteiger partial charge in [-0.3, -0.25) is 0 Å². The Morgan fingerprint density at radius 1 is 1.26 bits per heavy atom. The SMILES string of the molecule is CCC(CC1OC1C)c1cc(OC)c(OC)cc1Br. The van der Waals surface area contributed by atoms with Gasteiger partial charge in [0.15, 0.2) is 11.5 Å². The van der Waals surface area contributed by atoms with Gasteiger partial charge in [-0.1, -0.05) is 22.9 Å². The van der Waals surface area contributed by atoms with Gasteiger partial charge in [-0.2, -0.15) is 0 Å². The maximum absolute atomic E-state index is 5.54. The van der Waals surface area contributed by atoms with E-state index >= 15 is 0 Å². The Kier molecular flexibility index (Phi) is 4.74. The topological polar surface area (TPSA) is 31.0 Å². The van der Waals surface area contributed by atoms with Crippen molar-refractivity contribution in [2.24, 2.45) is 0 Å². The molecular weight excluding hydrogens is 308 g/mol. The molecule has 0 aromatic heterocycles. The Hall–Kier alpha value is -0.740.